The number of carboxylic acid groups (broad SMARTS) is 1. The smallest absolute Gasteiger partial charge is 0.335 e. The van der Waals surface area contributed by atoms with Crippen LogP contribution in [0.4, 0.5) is 5.82 Å². The molecule has 0 spiro atoms. The van der Waals surface area contributed by atoms with Gasteiger partial charge in [0, 0.05) is 28.3 Å². The molecule has 0 aliphatic carbocycles. The Kier molecular flexibility index (Phi) is 4.19. The van der Waals surface area contributed by atoms with Crippen LogP contribution in [0.25, 0.3) is 0 Å². The molecular formula is C11H13ClN2O3S. The van der Waals surface area contributed by atoms with E-state index in [1.807, 2.05) is 0 Å². The molecule has 18 heavy (non-hydrogen) atoms. The molecule has 98 valence electrons. The van der Waals surface area contributed by atoms with Crippen molar-refractivity contribution in [1.29, 1.82) is 0 Å². The van der Waals surface area contributed by atoms with E-state index in [2.05, 4.69) is 10.3 Å². The Morgan fingerprint density at radius 2 is 2.11 bits per heavy atom. The molecule has 2 heterocycles. The van der Waals surface area contributed by atoms with Gasteiger partial charge in [-0.3, -0.25) is 4.21 Å². The summed E-state index contributed by atoms with van der Waals surface area (Å²) in [7, 11) is -0.716. The lowest BCUT2D eigenvalue weighted by Gasteiger charge is -2.23. The zero-order valence-corrected chi connectivity index (χ0v) is 11.1. The van der Waals surface area contributed by atoms with Gasteiger partial charge in [-0.25, -0.2) is 9.78 Å². The van der Waals surface area contributed by atoms with Crippen LogP contribution in [-0.2, 0) is 10.8 Å². The maximum atomic E-state index is 11.2. The molecule has 0 radical (unpaired) electrons. The molecule has 0 atom stereocenters. The standard InChI is InChI=1S/C11H13ClN2O3S/c12-9-5-7(11(15)16)6-10(14-9)13-8-1-3-18(17)4-2-8/h5-6,8H,1-4H2,(H,13,14)(H,15,16). The highest BCUT2D eigenvalue weighted by Crippen LogP contribution is 2.18. The number of halogens is 1. The van der Waals surface area contributed by atoms with Crippen molar-refractivity contribution in [3.8, 4) is 0 Å². The van der Waals surface area contributed by atoms with Gasteiger partial charge in [-0.15, -0.1) is 0 Å². The molecule has 0 saturated carbocycles. The van der Waals surface area contributed by atoms with E-state index in [0.29, 0.717) is 17.3 Å². The van der Waals surface area contributed by atoms with E-state index in [-0.39, 0.29) is 16.8 Å². The monoisotopic (exact) mass is 288 g/mol. The van der Waals surface area contributed by atoms with Crippen LogP contribution < -0.4 is 5.32 Å². The van der Waals surface area contributed by atoms with E-state index in [0.717, 1.165) is 12.8 Å². The zero-order chi connectivity index (χ0) is 13.1. The minimum Gasteiger partial charge on any atom is -0.478 e. The number of nitrogens with zero attached hydrogens (tertiary/aromatic N) is 1. The Balaban J connectivity index is 2.09. The molecule has 1 aliphatic rings. The number of pyridine rings is 1. The third-order valence-electron chi connectivity index (χ3n) is 2.78. The lowest BCUT2D eigenvalue weighted by Crippen LogP contribution is -2.29. The third-order valence-corrected chi connectivity index (χ3v) is 4.36. The molecule has 7 heteroatoms. The second-order valence-electron chi connectivity index (χ2n) is 4.14. The van der Waals surface area contributed by atoms with Gasteiger partial charge in [0.2, 0.25) is 0 Å². The summed E-state index contributed by atoms with van der Waals surface area (Å²) in [5.41, 5.74) is 0.108. The quantitative estimate of drug-likeness (QED) is 0.829. The van der Waals surface area contributed by atoms with E-state index >= 15 is 0 Å². The van der Waals surface area contributed by atoms with Gasteiger partial charge < -0.3 is 10.4 Å². The molecule has 1 saturated heterocycles. The zero-order valence-electron chi connectivity index (χ0n) is 9.56. The van der Waals surface area contributed by atoms with Crippen LogP contribution in [0, 0.1) is 0 Å². The van der Waals surface area contributed by atoms with Crippen LogP contribution >= 0.6 is 11.6 Å². The lowest BCUT2D eigenvalue weighted by atomic mass is 10.1. The van der Waals surface area contributed by atoms with Crippen molar-refractivity contribution in [1.82, 2.24) is 4.98 Å². The number of carboxylic acids is 1. The Hall–Kier alpha value is -1.14. The molecule has 0 amide bonds. The van der Waals surface area contributed by atoms with Gasteiger partial charge in [-0.05, 0) is 25.0 Å². The van der Waals surface area contributed by atoms with Crippen LogP contribution in [0.1, 0.15) is 23.2 Å². The van der Waals surface area contributed by atoms with Gasteiger partial charge in [0.1, 0.15) is 11.0 Å². The topological polar surface area (TPSA) is 79.3 Å². The van der Waals surface area contributed by atoms with Crippen molar-refractivity contribution in [2.45, 2.75) is 18.9 Å². The largest absolute Gasteiger partial charge is 0.478 e. The van der Waals surface area contributed by atoms with Crippen LogP contribution in [0.5, 0.6) is 0 Å². The van der Waals surface area contributed by atoms with Crippen LogP contribution in [-0.4, -0.2) is 37.8 Å². The maximum Gasteiger partial charge on any atom is 0.335 e. The summed E-state index contributed by atoms with van der Waals surface area (Å²) in [5.74, 6) is 0.762. The maximum absolute atomic E-state index is 11.2. The fourth-order valence-corrected chi connectivity index (χ4v) is 3.35. The number of carbonyl (C=O) groups is 1. The second-order valence-corrected chi connectivity index (χ2v) is 6.22. The average molecular weight is 289 g/mol. The van der Waals surface area contributed by atoms with E-state index in [1.54, 1.807) is 0 Å². The fraction of sp³-hybridized carbons (Fsp3) is 0.455. The first-order valence-corrected chi connectivity index (χ1v) is 7.43. The van der Waals surface area contributed by atoms with E-state index in [9.17, 15) is 9.00 Å². The van der Waals surface area contributed by atoms with E-state index in [1.165, 1.54) is 12.1 Å². The summed E-state index contributed by atoms with van der Waals surface area (Å²) >= 11 is 5.77. The Morgan fingerprint density at radius 3 is 2.72 bits per heavy atom. The predicted octanol–water partition coefficient (Wildman–Crippen LogP) is 1.76. The van der Waals surface area contributed by atoms with Crippen molar-refractivity contribution in [2.24, 2.45) is 0 Å². The normalized spacial score (nSPS) is 23.6. The Labute approximate surface area is 112 Å². The summed E-state index contributed by atoms with van der Waals surface area (Å²) in [5, 5.41) is 12.2. The molecule has 0 aromatic carbocycles. The van der Waals surface area contributed by atoms with Crippen molar-refractivity contribution >= 4 is 34.2 Å². The minimum absolute atomic E-state index is 0.108. The number of aromatic carboxylic acids is 1. The minimum atomic E-state index is -1.04. The molecule has 5 nitrogen and oxygen atoms in total. The first-order chi connectivity index (χ1) is 8.54. The van der Waals surface area contributed by atoms with E-state index < -0.39 is 16.8 Å². The van der Waals surface area contributed by atoms with Crippen molar-refractivity contribution < 1.29 is 14.1 Å². The van der Waals surface area contributed by atoms with Crippen LogP contribution in [0.15, 0.2) is 12.1 Å². The van der Waals surface area contributed by atoms with Crippen molar-refractivity contribution in [3.63, 3.8) is 0 Å². The van der Waals surface area contributed by atoms with Gasteiger partial charge >= 0.3 is 5.97 Å². The molecule has 1 aromatic rings. The highest BCUT2D eigenvalue weighted by atomic mass is 35.5. The summed E-state index contributed by atoms with van der Waals surface area (Å²) in [4.78, 5) is 14.9. The molecule has 2 rings (SSSR count). The predicted molar refractivity (Wildman–Crippen MR) is 70.7 cm³/mol. The van der Waals surface area contributed by atoms with Gasteiger partial charge in [0.05, 0.1) is 5.56 Å². The number of nitrogens with one attached hydrogen (secondary N) is 1. The average Bonchev–Trinajstić information content (AvgIpc) is 2.31. The van der Waals surface area contributed by atoms with Gasteiger partial charge in [0.15, 0.2) is 0 Å². The summed E-state index contributed by atoms with van der Waals surface area (Å²) < 4.78 is 11.2. The van der Waals surface area contributed by atoms with Gasteiger partial charge in [-0.1, -0.05) is 11.6 Å². The molecule has 0 unspecified atom stereocenters. The molecule has 1 fully saturated rings. The van der Waals surface area contributed by atoms with Crippen molar-refractivity contribution in [3.05, 3.63) is 22.8 Å². The number of hydrogen-bond donors (Lipinski definition) is 2. The number of rotatable bonds is 3. The second kappa shape index (κ2) is 5.67. The SMILES string of the molecule is O=C(O)c1cc(Cl)nc(NC2CCS(=O)CC2)c1. The van der Waals surface area contributed by atoms with Gasteiger partial charge in [0.25, 0.3) is 0 Å². The molecule has 1 aromatic heterocycles. The highest BCUT2D eigenvalue weighted by molar-refractivity contribution is 7.85. The molecule has 0 bridgehead atoms. The summed E-state index contributed by atoms with van der Waals surface area (Å²) in [6, 6.07) is 2.94. The van der Waals surface area contributed by atoms with Crippen LogP contribution in [0.3, 0.4) is 0 Å². The first kappa shape index (κ1) is 13.3. The summed E-state index contributed by atoms with van der Waals surface area (Å²) in [6.45, 7) is 0. The third kappa shape index (κ3) is 3.43. The van der Waals surface area contributed by atoms with Gasteiger partial charge in [-0.2, -0.15) is 0 Å². The first-order valence-electron chi connectivity index (χ1n) is 5.57. The number of hydrogen-bond acceptors (Lipinski definition) is 4. The number of anilines is 1. The molecule has 1 aliphatic heterocycles. The summed E-state index contributed by atoms with van der Waals surface area (Å²) in [6.07, 6.45) is 1.59. The van der Waals surface area contributed by atoms with Crippen LogP contribution in [0.2, 0.25) is 5.15 Å². The Morgan fingerprint density at radius 1 is 1.44 bits per heavy atom. The van der Waals surface area contributed by atoms with Crippen molar-refractivity contribution in [2.75, 3.05) is 16.8 Å². The lowest BCUT2D eigenvalue weighted by molar-refractivity contribution is 0.0697. The number of aromatic nitrogens is 1. The fourth-order valence-electron chi connectivity index (χ4n) is 1.84. The Bertz CT molecular complexity index is 485. The molecule has 2 N–H and O–H groups in total. The molecular weight excluding hydrogens is 276 g/mol. The highest BCUT2D eigenvalue weighted by Gasteiger charge is 2.18. The van der Waals surface area contributed by atoms with E-state index in [4.69, 9.17) is 16.7 Å².